The van der Waals surface area contributed by atoms with Gasteiger partial charge in [-0.25, -0.2) is 4.39 Å². The average molecular weight is 276 g/mol. The second-order valence-electron chi connectivity index (χ2n) is 4.50. The van der Waals surface area contributed by atoms with Crippen molar-refractivity contribution in [2.24, 2.45) is 0 Å². The molecular formula is C16H17FO3. The van der Waals surface area contributed by atoms with Crippen LogP contribution in [-0.4, -0.2) is 12.2 Å². The highest BCUT2D eigenvalue weighted by atomic mass is 19.1. The maximum atomic E-state index is 12.8. The summed E-state index contributed by atoms with van der Waals surface area (Å²) < 4.78 is 23.7. The van der Waals surface area contributed by atoms with Gasteiger partial charge in [-0.05, 0) is 42.3 Å². The van der Waals surface area contributed by atoms with Gasteiger partial charge >= 0.3 is 0 Å². The van der Waals surface area contributed by atoms with Crippen LogP contribution in [-0.2, 0) is 6.61 Å². The van der Waals surface area contributed by atoms with Crippen LogP contribution < -0.4 is 9.47 Å². The van der Waals surface area contributed by atoms with E-state index >= 15 is 0 Å². The van der Waals surface area contributed by atoms with Crippen molar-refractivity contribution in [1.82, 2.24) is 0 Å². The van der Waals surface area contributed by atoms with E-state index in [1.54, 1.807) is 44.4 Å². The summed E-state index contributed by atoms with van der Waals surface area (Å²) in [5.41, 5.74) is 1.63. The highest BCUT2D eigenvalue weighted by Crippen LogP contribution is 2.30. The van der Waals surface area contributed by atoms with Crippen LogP contribution in [0.15, 0.2) is 42.5 Å². The van der Waals surface area contributed by atoms with Crippen LogP contribution in [0, 0.1) is 5.82 Å². The van der Waals surface area contributed by atoms with Gasteiger partial charge in [0.25, 0.3) is 0 Å². The molecule has 0 spiro atoms. The average Bonchev–Trinajstić information content (AvgIpc) is 2.46. The Morgan fingerprint density at radius 3 is 2.40 bits per heavy atom. The van der Waals surface area contributed by atoms with Crippen molar-refractivity contribution in [3.05, 3.63) is 59.4 Å². The minimum absolute atomic E-state index is 0.271. The fraction of sp³-hybridized carbons (Fsp3) is 0.250. The maximum absolute atomic E-state index is 12.8. The summed E-state index contributed by atoms with van der Waals surface area (Å²) in [4.78, 5) is 0. The standard InChI is InChI=1S/C16H17FO3/c1-11(18)13-5-8-15(16(9-13)19-2)20-10-12-3-6-14(17)7-4-12/h3-9,11,18H,10H2,1-2H3/t11-/m1/s1. The summed E-state index contributed by atoms with van der Waals surface area (Å²) in [5, 5.41) is 9.54. The lowest BCUT2D eigenvalue weighted by Crippen LogP contribution is -1.99. The highest BCUT2D eigenvalue weighted by Gasteiger charge is 2.09. The molecule has 0 saturated carbocycles. The number of aliphatic hydroxyl groups is 1. The molecule has 0 fully saturated rings. The molecule has 2 aromatic rings. The van der Waals surface area contributed by atoms with Crippen LogP contribution >= 0.6 is 0 Å². The molecule has 0 heterocycles. The fourth-order valence-electron chi connectivity index (χ4n) is 1.80. The van der Waals surface area contributed by atoms with E-state index in [-0.39, 0.29) is 5.82 Å². The number of rotatable bonds is 5. The molecule has 0 aromatic heterocycles. The van der Waals surface area contributed by atoms with Crippen molar-refractivity contribution in [3.63, 3.8) is 0 Å². The molecule has 20 heavy (non-hydrogen) atoms. The fourth-order valence-corrected chi connectivity index (χ4v) is 1.80. The Bertz CT molecular complexity index is 564. The summed E-state index contributed by atoms with van der Waals surface area (Å²) in [6, 6.07) is 11.4. The third-order valence-corrected chi connectivity index (χ3v) is 2.98. The largest absolute Gasteiger partial charge is 0.493 e. The Morgan fingerprint density at radius 2 is 1.80 bits per heavy atom. The van der Waals surface area contributed by atoms with Gasteiger partial charge in [0.2, 0.25) is 0 Å². The van der Waals surface area contributed by atoms with Crippen molar-refractivity contribution in [3.8, 4) is 11.5 Å². The Labute approximate surface area is 117 Å². The van der Waals surface area contributed by atoms with Gasteiger partial charge < -0.3 is 14.6 Å². The SMILES string of the molecule is COc1cc([C@@H](C)O)ccc1OCc1ccc(F)cc1. The van der Waals surface area contributed by atoms with Gasteiger partial charge in [-0.1, -0.05) is 18.2 Å². The molecule has 0 aliphatic rings. The minimum atomic E-state index is -0.560. The second-order valence-corrected chi connectivity index (χ2v) is 4.50. The van der Waals surface area contributed by atoms with E-state index < -0.39 is 6.10 Å². The summed E-state index contributed by atoms with van der Waals surface area (Å²) in [6.45, 7) is 2.01. The van der Waals surface area contributed by atoms with E-state index in [9.17, 15) is 9.50 Å². The smallest absolute Gasteiger partial charge is 0.161 e. The van der Waals surface area contributed by atoms with Crippen molar-refractivity contribution >= 4 is 0 Å². The molecule has 4 heteroatoms. The number of hydrogen-bond acceptors (Lipinski definition) is 3. The van der Waals surface area contributed by atoms with E-state index in [0.29, 0.717) is 18.1 Å². The molecule has 0 bridgehead atoms. The van der Waals surface area contributed by atoms with E-state index in [2.05, 4.69) is 0 Å². The molecule has 1 N–H and O–H groups in total. The van der Waals surface area contributed by atoms with Crippen LogP contribution in [0.5, 0.6) is 11.5 Å². The summed E-state index contributed by atoms with van der Waals surface area (Å²) in [5.74, 6) is 0.874. The molecule has 0 aliphatic heterocycles. The van der Waals surface area contributed by atoms with Gasteiger partial charge in [-0.2, -0.15) is 0 Å². The van der Waals surface area contributed by atoms with Gasteiger partial charge in [-0.3, -0.25) is 0 Å². The number of aliphatic hydroxyl groups excluding tert-OH is 1. The Balaban J connectivity index is 2.10. The van der Waals surface area contributed by atoms with Crippen molar-refractivity contribution in [2.45, 2.75) is 19.6 Å². The molecule has 0 aliphatic carbocycles. The molecule has 3 nitrogen and oxygen atoms in total. The van der Waals surface area contributed by atoms with Gasteiger partial charge in [0.05, 0.1) is 13.2 Å². The first-order valence-electron chi connectivity index (χ1n) is 6.33. The highest BCUT2D eigenvalue weighted by molar-refractivity contribution is 5.43. The predicted octanol–water partition coefficient (Wildman–Crippen LogP) is 3.47. The van der Waals surface area contributed by atoms with Crippen molar-refractivity contribution in [2.75, 3.05) is 7.11 Å². The topological polar surface area (TPSA) is 38.7 Å². The zero-order valence-electron chi connectivity index (χ0n) is 11.5. The number of benzene rings is 2. The van der Waals surface area contributed by atoms with E-state index in [1.807, 2.05) is 0 Å². The van der Waals surface area contributed by atoms with Crippen molar-refractivity contribution in [1.29, 1.82) is 0 Å². The van der Waals surface area contributed by atoms with Crippen molar-refractivity contribution < 1.29 is 19.0 Å². The summed E-state index contributed by atoms with van der Waals surface area (Å²) in [7, 11) is 1.55. The zero-order chi connectivity index (χ0) is 14.5. The third-order valence-electron chi connectivity index (χ3n) is 2.98. The Morgan fingerprint density at radius 1 is 1.10 bits per heavy atom. The van der Waals surface area contributed by atoms with Gasteiger partial charge in [0.15, 0.2) is 11.5 Å². The number of hydrogen-bond donors (Lipinski definition) is 1. The predicted molar refractivity (Wildman–Crippen MR) is 74.4 cm³/mol. The van der Waals surface area contributed by atoms with Crippen LogP contribution in [0.25, 0.3) is 0 Å². The van der Waals surface area contributed by atoms with Crippen LogP contribution in [0.2, 0.25) is 0 Å². The van der Waals surface area contributed by atoms with E-state index in [1.165, 1.54) is 12.1 Å². The molecule has 2 aromatic carbocycles. The van der Waals surface area contributed by atoms with Gasteiger partial charge in [0, 0.05) is 0 Å². The lowest BCUT2D eigenvalue weighted by atomic mass is 10.1. The molecule has 0 radical (unpaired) electrons. The summed E-state index contributed by atoms with van der Waals surface area (Å²) in [6.07, 6.45) is -0.560. The minimum Gasteiger partial charge on any atom is -0.493 e. The van der Waals surface area contributed by atoms with E-state index in [0.717, 1.165) is 11.1 Å². The summed E-state index contributed by atoms with van der Waals surface area (Å²) >= 11 is 0. The maximum Gasteiger partial charge on any atom is 0.161 e. The normalized spacial score (nSPS) is 12.0. The second kappa shape index (κ2) is 6.39. The number of methoxy groups -OCH3 is 1. The third kappa shape index (κ3) is 3.48. The molecule has 1 atom stereocenters. The van der Waals surface area contributed by atoms with Crippen LogP contribution in [0.4, 0.5) is 4.39 Å². The first-order valence-corrected chi connectivity index (χ1v) is 6.33. The van der Waals surface area contributed by atoms with Crippen LogP contribution in [0.1, 0.15) is 24.2 Å². The molecule has 106 valence electrons. The number of halogens is 1. The molecular weight excluding hydrogens is 259 g/mol. The van der Waals surface area contributed by atoms with Gasteiger partial charge in [0.1, 0.15) is 12.4 Å². The molecule has 0 amide bonds. The van der Waals surface area contributed by atoms with E-state index in [4.69, 9.17) is 9.47 Å². The van der Waals surface area contributed by atoms with Crippen LogP contribution in [0.3, 0.4) is 0 Å². The quantitative estimate of drug-likeness (QED) is 0.908. The van der Waals surface area contributed by atoms with Gasteiger partial charge in [-0.15, -0.1) is 0 Å². The zero-order valence-corrected chi connectivity index (χ0v) is 11.5. The first-order chi connectivity index (χ1) is 9.60. The number of ether oxygens (including phenoxy) is 2. The lowest BCUT2D eigenvalue weighted by Gasteiger charge is -2.13. The molecule has 2 rings (SSSR count). The Hall–Kier alpha value is -2.07. The molecule has 0 unspecified atom stereocenters. The first kappa shape index (κ1) is 14.3. The monoisotopic (exact) mass is 276 g/mol. The molecule has 0 saturated heterocycles. The lowest BCUT2D eigenvalue weighted by molar-refractivity contribution is 0.198. The Kier molecular flexibility index (Phi) is 4.58.